The molecule has 0 radical (unpaired) electrons. The summed E-state index contributed by atoms with van der Waals surface area (Å²) in [6.07, 6.45) is 0. The number of nitrogens with one attached hydrogen (secondary N) is 1. The average molecular weight is 429 g/mol. The molecule has 0 atom stereocenters. The largest absolute Gasteiger partial charge is 0.483 e. The maximum Gasteiger partial charge on any atom is 0.264 e. The SMILES string of the molecule is Cc1cccc(NC(=O)COc2ccccc2-c2noc(COc3ccccc3C)n2)c1. The third-order valence-electron chi connectivity index (χ3n) is 4.70. The first-order valence-electron chi connectivity index (χ1n) is 10.2. The van der Waals surface area contributed by atoms with E-state index < -0.39 is 0 Å². The molecule has 3 aromatic carbocycles. The van der Waals surface area contributed by atoms with Crippen LogP contribution >= 0.6 is 0 Å². The first kappa shape index (κ1) is 21.1. The molecule has 0 fully saturated rings. The van der Waals surface area contributed by atoms with Crippen LogP contribution in [0.25, 0.3) is 11.4 Å². The minimum Gasteiger partial charge on any atom is -0.483 e. The summed E-state index contributed by atoms with van der Waals surface area (Å²) in [5.41, 5.74) is 3.44. The first-order valence-corrected chi connectivity index (χ1v) is 10.2. The van der Waals surface area contributed by atoms with E-state index in [1.54, 1.807) is 6.07 Å². The summed E-state index contributed by atoms with van der Waals surface area (Å²) in [5.74, 6) is 1.69. The smallest absolute Gasteiger partial charge is 0.264 e. The molecule has 7 heteroatoms. The summed E-state index contributed by atoms with van der Waals surface area (Å²) in [4.78, 5) is 16.7. The molecule has 4 aromatic rings. The predicted molar refractivity (Wildman–Crippen MR) is 121 cm³/mol. The molecule has 162 valence electrons. The lowest BCUT2D eigenvalue weighted by atomic mass is 10.2. The molecule has 0 unspecified atom stereocenters. The van der Waals surface area contributed by atoms with Crippen molar-refractivity contribution >= 4 is 11.6 Å². The Labute approximate surface area is 186 Å². The van der Waals surface area contributed by atoms with Gasteiger partial charge in [0.2, 0.25) is 5.82 Å². The number of para-hydroxylation sites is 2. The fraction of sp³-hybridized carbons (Fsp3) is 0.160. The Kier molecular flexibility index (Phi) is 6.46. The van der Waals surface area contributed by atoms with Crippen molar-refractivity contribution in [3.05, 3.63) is 89.8 Å². The molecule has 0 aliphatic carbocycles. The number of hydrogen-bond donors (Lipinski definition) is 1. The lowest BCUT2D eigenvalue weighted by molar-refractivity contribution is -0.118. The predicted octanol–water partition coefficient (Wildman–Crippen LogP) is 4.95. The molecule has 1 amide bonds. The van der Waals surface area contributed by atoms with E-state index in [1.807, 2.05) is 80.6 Å². The van der Waals surface area contributed by atoms with E-state index in [4.69, 9.17) is 14.0 Å². The van der Waals surface area contributed by atoms with Crippen molar-refractivity contribution in [2.45, 2.75) is 20.5 Å². The van der Waals surface area contributed by atoms with Crippen LogP contribution in [0.3, 0.4) is 0 Å². The molecule has 0 spiro atoms. The van der Waals surface area contributed by atoms with Crippen molar-refractivity contribution in [2.75, 3.05) is 11.9 Å². The summed E-state index contributed by atoms with van der Waals surface area (Å²) < 4.78 is 16.8. The number of aromatic nitrogens is 2. The van der Waals surface area contributed by atoms with Crippen molar-refractivity contribution in [1.82, 2.24) is 10.1 Å². The molecule has 0 aliphatic rings. The van der Waals surface area contributed by atoms with Gasteiger partial charge in [-0.3, -0.25) is 4.79 Å². The van der Waals surface area contributed by atoms with Crippen molar-refractivity contribution in [1.29, 1.82) is 0 Å². The number of carbonyl (C=O) groups excluding carboxylic acids is 1. The standard InChI is InChI=1S/C25H23N3O4/c1-17-8-7-10-19(14-17)26-23(29)15-30-22-13-6-4-11-20(22)25-27-24(32-28-25)16-31-21-12-5-3-9-18(21)2/h3-14H,15-16H2,1-2H3,(H,26,29). The van der Waals surface area contributed by atoms with Gasteiger partial charge in [-0.05, 0) is 55.3 Å². The minimum absolute atomic E-state index is 0.147. The summed E-state index contributed by atoms with van der Waals surface area (Å²) in [7, 11) is 0. The Hall–Kier alpha value is -4.13. The molecular weight excluding hydrogens is 406 g/mol. The van der Waals surface area contributed by atoms with Crippen LogP contribution in [0.1, 0.15) is 17.0 Å². The topological polar surface area (TPSA) is 86.5 Å². The van der Waals surface area contributed by atoms with Gasteiger partial charge in [0.15, 0.2) is 13.2 Å². The van der Waals surface area contributed by atoms with Gasteiger partial charge < -0.3 is 19.3 Å². The molecule has 32 heavy (non-hydrogen) atoms. The monoisotopic (exact) mass is 429 g/mol. The number of ether oxygens (including phenoxy) is 2. The lowest BCUT2D eigenvalue weighted by Crippen LogP contribution is -2.20. The van der Waals surface area contributed by atoms with E-state index in [9.17, 15) is 4.79 Å². The van der Waals surface area contributed by atoms with Crippen molar-refractivity contribution in [2.24, 2.45) is 0 Å². The molecule has 0 bridgehead atoms. The van der Waals surface area contributed by atoms with Gasteiger partial charge in [-0.2, -0.15) is 4.98 Å². The summed E-state index contributed by atoms with van der Waals surface area (Å²) in [6, 6.07) is 22.5. The average Bonchev–Trinajstić information content (AvgIpc) is 3.26. The van der Waals surface area contributed by atoms with E-state index in [2.05, 4.69) is 15.5 Å². The van der Waals surface area contributed by atoms with E-state index in [0.717, 1.165) is 22.6 Å². The third-order valence-corrected chi connectivity index (χ3v) is 4.70. The third kappa shape index (κ3) is 5.31. The van der Waals surface area contributed by atoms with Crippen LogP contribution < -0.4 is 14.8 Å². The van der Waals surface area contributed by atoms with Crippen molar-refractivity contribution < 1.29 is 18.8 Å². The molecule has 1 N–H and O–H groups in total. The molecule has 0 saturated heterocycles. The molecule has 1 heterocycles. The van der Waals surface area contributed by atoms with Gasteiger partial charge in [0, 0.05) is 5.69 Å². The summed E-state index contributed by atoms with van der Waals surface area (Å²) in [6.45, 7) is 3.94. The van der Waals surface area contributed by atoms with Gasteiger partial charge in [-0.15, -0.1) is 0 Å². The second-order valence-corrected chi connectivity index (χ2v) is 7.27. The quantitative estimate of drug-likeness (QED) is 0.426. The van der Waals surface area contributed by atoms with Gasteiger partial charge in [0.1, 0.15) is 11.5 Å². The van der Waals surface area contributed by atoms with Crippen LogP contribution in [0.2, 0.25) is 0 Å². The highest BCUT2D eigenvalue weighted by Gasteiger charge is 2.15. The zero-order valence-corrected chi connectivity index (χ0v) is 17.9. The van der Waals surface area contributed by atoms with Crippen molar-refractivity contribution in [3.63, 3.8) is 0 Å². The van der Waals surface area contributed by atoms with E-state index in [1.165, 1.54) is 0 Å². The molecule has 0 aliphatic heterocycles. The van der Waals surface area contributed by atoms with Gasteiger partial charge in [-0.25, -0.2) is 0 Å². The Bertz CT molecular complexity index is 1220. The molecular formula is C25H23N3O4. The van der Waals surface area contributed by atoms with Crippen LogP contribution in [-0.4, -0.2) is 22.7 Å². The van der Waals surface area contributed by atoms with Crippen LogP contribution in [0.15, 0.2) is 77.3 Å². The molecule has 0 saturated carbocycles. The number of aryl methyl sites for hydroxylation is 2. The molecule has 7 nitrogen and oxygen atoms in total. The van der Waals surface area contributed by atoms with E-state index in [-0.39, 0.29) is 19.1 Å². The number of nitrogens with zero attached hydrogens (tertiary/aromatic N) is 2. The van der Waals surface area contributed by atoms with Gasteiger partial charge in [0.25, 0.3) is 11.8 Å². The minimum atomic E-state index is -0.258. The second-order valence-electron chi connectivity index (χ2n) is 7.27. The zero-order chi connectivity index (χ0) is 22.3. The maximum absolute atomic E-state index is 12.3. The summed E-state index contributed by atoms with van der Waals surface area (Å²) in [5, 5.41) is 6.86. The van der Waals surface area contributed by atoms with Crippen LogP contribution in [0, 0.1) is 13.8 Å². The highest BCUT2D eigenvalue weighted by atomic mass is 16.5. The molecule has 4 rings (SSSR count). The number of rotatable bonds is 8. The lowest BCUT2D eigenvalue weighted by Gasteiger charge is -2.10. The first-order chi connectivity index (χ1) is 15.6. The van der Waals surface area contributed by atoms with Crippen LogP contribution in [0.4, 0.5) is 5.69 Å². The number of carbonyl (C=O) groups is 1. The normalized spacial score (nSPS) is 10.6. The maximum atomic E-state index is 12.3. The summed E-state index contributed by atoms with van der Waals surface area (Å²) >= 11 is 0. The Morgan fingerprint density at radius 1 is 0.938 bits per heavy atom. The Morgan fingerprint density at radius 2 is 1.72 bits per heavy atom. The van der Waals surface area contributed by atoms with Gasteiger partial charge in [0.05, 0.1) is 5.56 Å². The van der Waals surface area contributed by atoms with Gasteiger partial charge in [-0.1, -0.05) is 47.6 Å². The van der Waals surface area contributed by atoms with Crippen molar-refractivity contribution in [3.8, 4) is 22.9 Å². The Morgan fingerprint density at radius 3 is 2.53 bits per heavy atom. The number of anilines is 1. The Balaban J connectivity index is 1.40. The van der Waals surface area contributed by atoms with E-state index >= 15 is 0 Å². The zero-order valence-electron chi connectivity index (χ0n) is 17.9. The van der Waals surface area contributed by atoms with Crippen LogP contribution in [-0.2, 0) is 11.4 Å². The number of amides is 1. The number of hydrogen-bond acceptors (Lipinski definition) is 6. The highest BCUT2D eigenvalue weighted by Crippen LogP contribution is 2.28. The van der Waals surface area contributed by atoms with Gasteiger partial charge >= 0.3 is 0 Å². The van der Waals surface area contributed by atoms with E-state index in [0.29, 0.717) is 23.0 Å². The van der Waals surface area contributed by atoms with Crippen LogP contribution in [0.5, 0.6) is 11.5 Å². The fourth-order valence-electron chi connectivity index (χ4n) is 3.12. The number of benzene rings is 3. The second kappa shape index (κ2) is 9.78. The molecule has 1 aromatic heterocycles. The fourth-order valence-corrected chi connectivity index (χ4v) is 3.12. The highest BCUT2D eigenvalue weighted by molar-refractivity contribution is 5.92.